The molecule has 2 heterocycles. The van der Waals surface area contributed by atoms with E-state index in [0.29, 0.717) is 33.2 Å². The molecule has 0 saturated heterocycles. The maximum absolute atomic E-state index is 13.0. The van der Waals surface area contributed by atoms with Gasteiger partial charge in [0.15, 0.2) is 5.43 Å². The van der Waals surface area contributed by atoms with E-state index >= 15 is 0 Å². The number of halogens is 3. The Bertz CT molecular complexity index is 1230. The molecule has 0 bridgehead atoms. The SMILES string of the molecule is CSc1c(Cl)ccc2c(=O)c3ccc(NCC4CC(F)(F)C4)nc3n(CC(=O)[O-])c12.[Na+]. The summed E-state index contributed by atoms with van der Waals surface area (Å²) in [5.74, 6) is -3.74. The molecule has 158 valence electrons. The van der Waals surface area contributed by atoms with Gasteiger partial charge >= 0.3 is 29.6 Å². The fraction of sp³-hybridized carbons (Fsp3) is 0.350. The fourth-order valence-electron chi connectivity index (χ4n) is 3.83. The molecule has 0 spiro atoms. The predicted octanol–water partition coefficient (Wildman–Crippen LogP) is 0.136. The summed E-state index contributed by atoms with van der Waals surface area (Å²) in [5, 5.41) is 15.4. The van der Waals surface area contributed by atoms with Crippen LogP contribution < -0.4 is 45.4 Å². The number of pyridine rings is 2. The van der Waals surface area contributed by atoms with E-state index in [1.807, 2.05) is 0 Å². The van der Waals surface area contributed by atoms with Crippen LogP contribution in [0.1, 0.15) is 12.8 Å². The van der Waals surface area contributed by atoms with E-state index in [4.69, 9.17) is 11.6 Å². The molecular formula is C20H17ClF2N3NaO3S. The quantitative estimate of drug-likeness (QED) is 0.310. The Balaban J connectivity index is 0.00000272. The second-order valence-corrected chi connectivity index (χ2v) is 8.57. The molecule has 4 rings (SSSR count). The molecular weight excluding hydrogens is 459 g/mol. The first-order valence-electron chi connectivity index (χ1n) is 9.21. The van der Waals surface area contributed by atoms with Crippen LogP contribution in [0.3, 0.4) is 0 Å². The summed E-state index contributed by atoms with van der Waals surface area (Å²) in [6.45, 7) is -0.208. The number of hydrogen-bond acceptors (Lipinski definition) is 6. The third-order valence-corrected chi connectivity index (χ3v) is 6.46. The number of rotatable bonds is 6. The van der Waals surface area contributed by atoms with Gasteiger partial charge in [-0.25, -0.2) is 13.8 Å². The predicted molar refractivity (Wildman–Crippen MR) is 111 cm³/mol. The Morgan fingerprint density at radius 3 is 2.61 bits per heavy atom. The number of benzene rings is 1. The Morgan fingerprint density at radius 2 is 2.00 bits per heavy atom. The van der Waals surface area contributed by atoms with Crippen LogP contribution in [0.4, 0.5) is 14.6 Å². The number of carboxylic acid groups (broad SMARTS) is 1. The normalized spacial score (nSPS) is 15.5. The molecule has 1 aliphatic rings. The van der Waals surface area contributed by atoms with Crippen molar-refractivity contribution in [3.8, 4) is 0 Å². The number of carbonyl (C=O) groups is 1. The number of alkyl halides is 2. The van der Waals surface area contributed by atoms with Crippen LogP contribution in [0.2, 0.25) is 5.02 Å². The molecule has 1 fully saturated rings. The number of hydrogen-bond donors (Lipinski definition) is 1. The minimum absolute atomic E-state index is 0. The van der Waals surface area contributed by atoms with Gasteiger partial charge < -0.3 is 19.8 Å². The molecule has 31 heavy (non-hydrogen) atoms. The number of carboxylic acids is 1. The monoisotopic (exact) mass is 475 g/mol. The largest absolute Gasteiger partial charge is 1.00 e. The summed E-state index contributed by atoms with van der Waals surface area (Å²) in [7, 11) is 0. The number of aliphatic carboxylic acids is 1. The molecule has 11 heteroatoms. The molecule has 0 atom stereocenters. The van der Waals surface area contributed by atoms with Crippen molar-refractivity contribution in [3.05, 3.63) is 39.5 Å². The number of nitrogens with zero attached hydrogens (tertiary/aromatic N) is 2. The number of thioether (sulfide) groups is 1. The van der Waals surface area contributed by atoms with Crippen LogP contribution in [0, 0.1) is 5.92 Å². The molecule has 0 aliphatic heterocycles. The third kappa shape index (κ3) is 4.71. The van der Waals surface area contributed by atoms with Crippen LogP contribution in [0.25, 0.3) is 21.9 Å². The number of fused-ring (bicyclic) bond motifs is 2. The Morgan fingerprint density at radius 1 is 1.32 bits per heavy atom. The third-order valence-electron chi connectivity index (χ3n) is 5.21. The maximum atomic E-state index is 13.0. The molecule has 0 amide bonds. The van der Waals surface area contributed by atoms with Gasteiger partial charge in [-0.05, 0) is 36.4 Å². The number of nitrogens with one attached hydrogen (secondary N) is 1. The molecule has 6 nitrogen and oxygen atoms in total. The van der Waals surface area contributed by atoms with Gasteiger partial charge in [0.05, 0.1) is 33.3 Å². The van der Waals surface area contributed by atoms with Crippen LogP contribution in [0.15, 0.2) is 34.0 Å². The van der Waals surface area contributed by atoms with Gasteiger partial charge in [0.25, 0.3) is 0 Å². The van der Waals surface area contributed by atoms with Crippen molar-refractivity contribution in [2.24, 2.45) is 5.92 Å². The summed E-state index contributed by atoms with van der Waals surface area (Å²) >= 11 is 7.58. The van der Waals surface area contributed by atoms with Crippen molar-refractivity contribution < 1.29 is 48.2 Å². The molecule has 1 N–H and O–H groups in total. The van der Waals surface area contributed by atoms with E-state index in [1.165, 1.54) is 16.3 Å². The molecule has 0 radical (unpaired) electrons. The van der Waals surface area contributed by atoms with Crippen molar-refractivity contribution in [2.45, 2.75) is 30.2 Å². The smallest absolute Gasteiger partial charge is 0.548 e. The summed E-state index contributed by atoms with van der Waals surface area (Å²) in [4.78, 5) is 29.5. The Hall–Kier alpha value is -1.39. The van der Waals surface area contributed by atoms with E-state index in [0.717, 1.165) is 0 Å². The minimum Gasteiger partial charge on any atom is -0.548 e. The molecule has 1 aliphatic carbocycles. The average Bonchev–Trinajstić information content (AvgIpc) is 2.67. The van der Waals surface area contributed by atoms with E-state index in [2.05, 4.69) is 10.3 Å². The molecule has 1 saturated carbocycles. The summed E-state index contributed by atoms with van der Waals surface area (Å²) < 4.78 is 27.5. The van der Waals surface area contributed by atoms with Gasteiger partial charge in [0.1, 0.15) is 11.5 Å². The van der Waals surface area contributed by atoms with Crippen molar-refractivity contribution in [2.75, 3.05) is 18.1 Å². The van der Waals surface area contributed by atoms with Gasteiger partial charge in [0, 0.05) is 24.8 Å². The van der Waals surface area contributed by atoms with Gasteiger partial charge in [-0.15, -0.1) is 11.8 Å². The van der Waals surface area contributed by atoms with Crippen molar-refractivity contribution >= 4 is 57.1 Å². The number of aromatic nitrogens is 2. The maximum Gasteiger partial charge on any atom is 1.00 e. The molecule has 3 aromatic rings. The minimum atomic E-state index is -2.61. The van der Waals surface area contributed by atoms with Gasteiger partial charge in [-0.1, -0.05) is 11.6 Å². The van der Waals surface area contributed by atoms with Gasteiger partial charge in [-0.2, -0.15) is 0 Å². The van der Waals surface area contributed by atoms with E-state index < -0.39 is 18.4 Å². The van der Waals surface area contributed by atoms with Crippen LogP contribution in [0.5, 0.6) is 0 Å². The van der Waals surface area contributed by atoms with Gasteiger partial charge in [-0.3, -0.25) is 4.79 Å². The van der Waals surface area contributed by atoms with E-state index in [1.54, 1.807) is 30.5 Å². The van der Waals surface area contributed by atoms with Crippen LogP contribution in [-0.2, 0) is 11.3 Å². The van der Waals surface area contributed by atoms with Crippen molar-refractivity contribution in [3.63, 3.8) is 0 Å². The first kappa shape index (κ1) is 24.3. The first-order valence-corrected chi connectivity index (χ1v) is 10.8. The molecule has 0 unspecified atom stereocenters. The second kappa shape index (κ2) is 9.23. The fourth-order valence-corrected chi connectivity index (χ4v) is 4.89. The first-order chi connectivity index (χ1) is 14.2. The zero-order chi connectivity index (χ0) is 21.6. The number of carbonyl (C=O) groups excluding carboxylic acids is 1. The standard InChI is InChI=1S/C20H18ClF2N3O3S.Na/c1-30-18-13(21)4-2-11-16(18)26(9-15(27)28)19-12(17(11)29)3-5-14(25-19)24-8-10-6-20(22,23)7-10;/h2-5,10H,6-9H2,1H3,(H,24,25)(H,27,28);/q;+1/p-1. The summed E-state index contributed by atoms with van der Waals surface area (Å²) in [6.07, 6.45) is 1.42. The van der Waals surface area contributed by atoms with Crippen molar-refractivity contribution in [1.29, 1.82) is 0 Å². The Labute approximate surface area is 207 Å². The summed E-state index contributed by atoms with van der Waals surface area (Å²) in [6, 6.07) is 6.31. The molecule has 2 aromatic heterocycles. The van der Waals surface area contributed by atoms with Crippen LogP contribution >= 0.6 is 23.4 Å². The zero-order valence-electron chi connectivity index (χ0n) is 16.9. The second-order valence-electron chi connectivity index (χ2n) is 7.34. The number of anilines is 1. The molecule has 1 aromatic carbocycles. The van der Waals surface area contributed by atoms with E-state index in [-0.39, 0.29) is 64.8 Å². The van der Waals surface area contributed by atoms with E-state index in [9.17, 15) is 23.5 Å². The topological polar surface area (TPSA) is 87.0 Å². The van der Waals surface area contributed by atoms with Crippen molar-refractivity contribution in [1.82, 2.24) is 9.55 Å². The summed E-state index contributed by atoms with van der Waals surface area (Å²) in [5.41, 5.74) is 0.248. The Kier molecular flexibility index (Phi) is 7.22. The zero-order valence-corrected chi connectivity index (χ0v) is 20.4. The van der Waals surface area contributed by atoms with Gasteiger partial charge in [0.2, 0.25) is 5.92 Å². The van der Waals surface area contributed by atoms with Crippen LogP contribution in [-0.4, -0.2) is 34.2 Å². The average molecular weight is 476 g/mol.